The summed E-state index contributed by atoms with van der Waals surface area (Å²) in [5.41, 5.74) is 5.85. The minimum atomic E-state index is 0.736. The van der Waals surface area contributed by atoms with Crippen molar-refractivity contribution in [3.05, 3.63) is 71.3 Å². The van der Waals surface area contributed by atoms with E-state index in [0.29, 0.717) is 0 Å². The van der Waals surface area contributed by atoms with Crippen LogP contribution in [0.25, 0.3) is 21.8 Å². The van der Waals surface area contributed by atoms with E-state index in [9.17, 15) is 0 Å². The number of nitrogens with zero attached hydrogens (tertiary/aromatic N) is 3. The highest BCUT2D eigenvalue weighted by atomic mass is 15.4. The van der Waals surface area contributed by atoms with Crippen LogP contribution in [-0.2, 0) is 6.54 Å². The monoisotopic (exact) mass is 287 g/mol. The summed E-state index contributed by atoms with van der Waals surface area (Å²) in [6.45, 7) is 4.98. The van der Waals surface area contributed by atoms with Gasteiger partial charge in [-0.3, -0.25) is 0 Å². The van der Waals surface area contributed by atoms with Crippen molar-refractivity contribution >= 4 is 21.8 Å². The molecule has 0 aliphatic heterocycles. The van der Waals surface area contributed by atoms with Gasteiger partial charge < -0.3 is 0 Å². The minimum Gasteiger partial charge on any atom is -0.240 e. The third-order valence-corrected chi connectivity index (χ3v) is 4.33. The molecule has 22 heavy (non-hydrogen) atoms. The van der Waals surface area contributed by atoms with Gasteiger partial charge in [0.2, 0.25) is 0 Å². The normalized spacial score (nSPS) is 11.4. The molecule has 0 N–H and O–H groups in total. The molecular formula is C19H17N3. The molecule has 0 unspecified atom stereocenters. The van der Waals surface area contributed by atoms with E-state index >= 15 is 0 Å². The van der Waals surface area contributed by atoms with Gasteiger partial charge in [-0.1, -0.05) is 47.7 Å². The Balaban J connectivity index is 1.84. The summed E-state index contributed by atoms with van der Waals surface area (Å²) >= 11 is 0. The van der Waals surface area contributed by atoms with Crippen molar-refractivity contribution in [3.8, 4) is 0 Å². The summed E-state index contributed by atoms with van der Waals surface area (Å²) in [5.74, 6) is 0. The first kappa shape index (κ1) is 13.0. The molecule has 0 amide bonds. The SMILES string of the molecule is Cc1cc2nnn(Cc3cccc4ccccc34)c2cc1C. The third-order valence-electron chi connectivity index (χ3n) is 4.33. The molecule has 0 radical (unpaired) electrons. The fraction of sp³-hybridized carbons (Fsp3) is 0.158. The number of aryl methyl sites for hydroxylation is 2. The van der Waals surface area contributed by atoms with Gasteiger partial charge in [0, 0.05) is 0 Å². The predicted molar refractivity (Wildman–Crippen MR) is 90.1 cm³/mol. The van der Waals surface area contributed by atoms with Crippen molar-refractivity contribution in [2.75, 3.05) is 0 Å². The number of hydrogen-bond acceptors (Lipinski definition) is 2. The second-order valence-electron chi connectivity index (χ2n) is 5.81. The maximum Gasteiger partial charge on any atom is 0.113 e. The molecule has 0 spiro atoms. The van der Waals surface area contributed by atoms with Crippen molar-refractivity contribution in [2.45, 2.75) is 20.4 Å². The average molecular weight is 287 g/mol. The fourth-order valence-electron chi connectivity index (χ4n) is 2.93. The van der Waals surface area contributed by atoms with E-state index < -0.39 is 0 Å². The van der Waals surface area contributed by atoms with E-state index in [-0.39, 0.29) is 0 Å². The Morgan fingerprint density at radius 3 is 2.59 bits per heavy atom. The smallest absolute Gasteiger partial charge is 0.113 e. The average Bonchev–Trinajstić information content (AvgIpc) is 2.90. The molecule has 108 valence electrons. The number of benzene rings is 3. The highest BCUT2D eigenvalue weighted by Crippen LogP contribution is 2.22. The molecule has 3 heteroatoms. The van der Waals surface area contributed by atoms with Gasteiger partial charge in [0.15, 0.2) is 0 Å². The van der Waals surface area contributed by atoms with E-state index in [0.717, 1.165) is 17.6 Å². The standard InChI is InChI=1S/C19H17N3/c1-13-10-18-19(11-14(13)2)22(21-20-18)12-16-8-5-7-15-6-3-4-9-17(15)16/h3-11H,12H2,1-2H3. The van der Waals surface area contributed by atoms with Crippen LogP contribution in [0.5, 0.6) is 0 Å². The van der Waals surface area contributed by atoms with E-state index in [1.54, 1.807) is 0 Å². The first-order chi connectivity index (χ1) is 10.7. The second kappa shape index (κ2) is 4.95. The summed E-state index contributed by atoms with van der Waals surface area (Å²) in [7, 11) is 0. The lowest BCUT2D eigenvalue weighted by atomic mass is 10.0. The first-order valence-corrected chi connectivity index (χ1v) is 7.49. The highest BCUT2D eigenvalue weighted by Gasteiger charge is 2.08. The van der Waals surface area contributed by atoms with Crippen molar-refractivity contribution in [1.82, 2.24) is 15.0 Å². The summed E-state index contributed by atoms with van der Waals surface area (Å²) in [6, 6.07) is 19.2. The Hall–Kier alpha value is -2.68. The van der Waals surface area contributed by atoms with Crippen molar-refractivity contribution in [3.63, 3.8) is 0 Å². The molecule has 0 saturated heterocycles. The largest absolute Gasteiger partial charge is 0.240 e. The number of fused-ring (bicyclic) bond motifs is 2. The maximum absolute atomic E-state index is 4.35. The lowest BCUT2D eigenvalue weighted by Gasteiger charge is -2.08. The van der Waals surface area contributed by atoms with Crippen LogP contribution >= 0.6 is 0 Å². The van der Waals surface area contributed by atoms with Crippen LogP contribution in [0.1, 0.15) is 16.7 Å². The third kappa shape index (κ3) is 2.06. The summed E-state index contributed by atoms with van der Waals surface area (Å²) in [4.78, 5) is 0. The van der Waals surface area contributed by atoms with Crippen LogP contribution in [0.15, 0.2) is 54.6 Å². The Bertz CT molecular complexity index is 977. The van der Waals surface area contributed by atoms with Gasteiger partial charge in [0.05, 0.1) is 12.1 Å². The van der Waals surface area contributed by atoms with Crippen molar-refractivity contribution in [2.24, 2.45) is 0 Å². The van der Waals surface area contributed by atoms with Crippen LogP contribution < -0.4 is 0 Å². The van der Waals surface area contributed by atoms with Crippen LogP contribution in [0, 0.1) is 13.8 Å². The molecule has 1 heterocycles. The van der Waals surface area contributed by atoms with Crippen LogP contribution in [0.2, 0.25) is 0 Å². The van der Waals surface area contributed by atoms with Crippen LogP contribution in [-0.4, -0.2) is 15.0 Å². The molecule has 0 saturated carbocycles. The Morgan fingerprint density at radius 2 is 1.68 bits per heavy atom. The number of rotatable bonds is 2. The predicted octanol–water partition coefficient (Wildman–Crippen LogP) is 4.25. The lowest BCUT2D eigenvalue weighted by Crippen LogP contribution is -2.02. The van der Waals surface area contributed by atoms with E-state index in [1.807, 2.05) is 4.68 Å². The Labute approximate surface area is 129 Å². The molecule has 4 rings (SSSR count). The molecular weight excluding hydrogens is 270 g/mol. The quantitative estimate of drug-likeness (QED) is 0.552. The fourth-order valence-corrected chi connectivity index (χ4v) is 2.93. The molecule has 0 fully saturated rings. The molecule has 0 bridgehead atoms. The maximum atomic E-state index is 4.35. The van der Waals surface area contributed by atoms with Crippen molar-refractivity contribution < 1.29 is 0 Å². The van der Waals surface area contributed by atoms with E-state index in [2.05, 4.69) is 78.8 Å². The topological polar surface area (TPSA) is 30.7 Å². The molecule has 0 aliphatic carbocycles. The van der Waals surface area contributed by atoms with Gasteiger partial charge in [0.25, 0.3) is 0 Å². The Morgan fingerprint density at radius 1 is 0.909 bits per heavy atom. The molecule has 0 aliphatic rings. The molecule has 3 nitrogen and oxygen atoms in total. The number of aromatic nitrogens is 3. The molecule has 3 aromatic carbocycles. The van der Waals surface area contributed by atoms with Crippen LogP contribution in [0.3, 0.4) is 0 Å². The Kier molecular flexibility index (Phi) is 2.93. The van der Waals surface area contributed by atoms with Gasteiger partial charge in [-0.05, 0) is 53.4 Å². The molecule has 0 atom stereocenters. The lowest BCUT2D eigenvalue weighted by molar-refractivity contribution is 0.672. The number of hydrogen-bond donors (Lipinski definition) is 0. The highest BCUT2D eigenvalue weighted by molar-refractivity contribution is 5.86. The van der Waals surface area contributed by atoms with Crippen LogP contribution in [0.4, 0.5) is 0 Å². The zero-order valence-corrected chi connectivity index (χ0v) is 12.7. The van der Waals surface area contributed by atoms with E-state index in [4.69, 9.17) is 0 Å². The van der Waals surface area contributed by atoms with Gasteiger partial charge in [-0.15, -0.1) is 5.10 Å². The molecule has 4 aromatic rings. The first-order valence-electron chi connectivity index (χ1n) is 7.49. The zero-order valence-electron chi connectivity index (χ0n) is 12.7. The molecule has 1 aromatic heterocycles. The van der Waals surface area contributed by atoms with Gasteiger partial charge >= 0.3 is 0 Å². The van der Waals surface area contributed by atoms with Gasteiger partial charge in [-0.2, -0.15) is 0 Å². The zero-order chi connectivity index (χ0) is 15.1. The van der Waals surface area contributed by atoms with E-state index in [1.165, 1.54) is 27.5 Å². The van der Waals surface area contributed by atoms with Gasteiger partial charge in [0.1, 0.15) is 5.52 Å². The summed E-state index contributed by atoms with van der Waals surface area (Å²) in [5, 5.41) is 11.2. The second-order valence-corrected chi connectivity index (χ2v) is 5.81. The van der Waals surface area contributed by atoms with Gasteiger partial charge in [-0.25, -0.2) is 4.68 Å². The van der Waals surface area contributed by atoms with Crippen molar-refractivity contribution in [1.29, 1.82) is 0 Å². The summed E-state index contributed by atoms with van der Waals surface area (Å²) in [6.07, 6.45) is 0. The minimum absolute atomic E-state index is 0.736. The summed E-state index contributed by atoms with van der Waals surface area (Å²) < 4.78 is 1.99.